The number of carbonyl (C=O) groups excluding carboxylic acids is 2. The van der Waals surface area contributed by atoms with Gasteiger partial charge in [-0.05, 0) is 33.9 Å². The van der Waals surface area contributed by atoms with Crippen molar-refractivity contribution in [2.75, 3.05) is 6.61 Å². The van der Waals surface area contributed by atoms with E-state index in [1.54, 1.807) is 0 Å². The summed E-state index contributed by atoms with van der Waals surface area (Å²) >= 11 is 0. The molecular weight excluding hydrogens is 410 g/mol. The Morgan fingerprint density at radius 1 is 1.03 bits per heavy atom. The molecule has 0 spiro atoms. The number of carboxylic acids is 1. The summed E-state index contributed by atoms with van der Waals surface area (Å²) < 4.78 is 5.42. The minimum absolute atomic E-state index is 0.0635. The molecule has 8 nitrogen and oxygen atoms in total. The number of fused-ring (bicyclic) bond motifs is 3. The molecule has 0 fully saturated rings. The lowest BCUT2D eigenvalue weighted by atomic mass is 9.98. The van der Waals surface area contributed by atoms with E-state index in [4.69, 9.17) is 10.5 Å². The van der Waals surface area contributed by atoms with Crippen molar-refractivity contribution in [3.8, 4) is 11.1 Å². The van der Waals surface area contributed by atoms with E-state index in [2.05, 4.69) is 10.3 Å². The predicted molar refractivity (Wildman–Crippen MR) is 116 cm³/mol. The second kappa shape index (κ2) is 8.89. The zero-order chi connectivity index (χ0) is 22.7. The molecule has 162 valence electrons. The lowest BCUT2D eigenvalue weighted by Gasteiger charge is -2.18. The molecule has 2 aromatic carbocycles. The fourth-order valence-corrected chi connectivity index (χ4v) is 4.03. The lowest BCUT2D eigenvalue weighted by molar-refractivity contribution is -0.139. The molecule has 8 heteroatoms. The van der Waals surface area contributed by atoms with E-state index in [0.717, 1.165) is 22.3 Å². The lowest BCUT2D eigenvalue weighted by Crippen LogP contribution is -2.43. The highest BCUT2D eigenvalue weighted by atomic mass is 16.5. The summed E-state index contributed by atoms with van der Waals surface area (Å²) in [6.07, 6.45) is 1.70. The van der Waals surface area contributed by atoms with Gasteiger partial charge in [-0.25, -0.2) is 9.59 Å². The first-order valence-electron chi connectivity index (χ1n) is 10.0. The molecule has 0 aliphatic heterocycles. The van der Waals surface area contributed by atoms with E-state index in [1.807, 2.05) is 48.5 Å². The molecule has 32 heavy (non-hydrogen) atoms. The zero-order valence-corrected chi connectivity index (χ0v) is 17.0. The summed E-state index contributed by atoms with van der Waals surface area (Å²) in [7, 11) is 0. The molecule has 0 saturated heterocycles. The molecule has 0 saturated carbocycles. The van der Waals surface area contributed by atoms with Crippen LogP contribution in [-0.2, 0) is 16.0 Å². The largest absolute Gasteiger partial charge is 0.480 e. The number of nitrogens with one attached hydrogen (secondary N) is 1. The number of aromatic nitrogens is 1. The number of hydrogen-bond acceptors (Lipinski definition) is 5. The van der Waals surface area contributed by atoms with Gasteiger partial charge in [-0.3, -0.25) is 9.78 Å². The molecule has 1 aliphatic carbocycles. The second-order valence-electron chi connectivity index (χ2n) is 7.46. The van der Waals surface area contributed by atoms with Crippen molar-refractivity contribution in [3.05, 3.63) is 89.2 Å². The molecule has 1 aromatic heterocycles. The molecule has 2 amide bonds. The van der Waals surface area contributed by atoms with Crippen molar-refractivity contribution in [2.45, 2.75) is 18.4 Å². The van der Waals surface area contributed by atoms with Crippen LogP contribution in [0.25, 0.3) is 11.1 Å². The summed E-state index contributed by atoms with van der Waals surface area (Å²) in [6, 6.07) is 16.0. The van der Waals surface area contributed by atoms with Gasteiger partial charge in [0.05, 0.1) is 5.56 Å². The minimum Gasteiger partial charge on any atom is -0.480 e. The maximum atomic E-state index is 12.4. The van der Waals surface area contributed by atoms with E-state index in [-0.39, 0.29) is 24.5 Å². The van der Waals surface area contributed by atoms with Crippen molar-refractivity contribution in [1.82, 2.24) is 10.3 Å². The molecule has 4 N–H and O–H groups in total. The van der Waals surface area contributed by atoms with Crippen LogP contribution in [0.5, 0.6) is 0 Å². The van der Waals surface area contributed by atoms with Crippen molar-refractivity contribution in [2.24, 2.45) is 5.73 Å². The number of hydrogen-bond donors (Lipinski definition) is 3. The van der Waals surface area contributed by atoms with Gasteiger partial charge in [0.15, 0.2) is 0 Å². The molecular formula is C24H21N3O5. The van der Waals surface area contributed by atoms with E-state index >= 15 is 0 Å². The van der Waals surface area contributed by atoms with Gasteiger partial charge in [0, 0.05) is 24.7 Å². The van der Waals surface area contributed by atoms with Crippen molar-refractivity contribution < 1.29 is 24.2 Å². The number of ether oxygens (including phenoxy) is 1. The van der Waals surface area contributed by atoms with Crippen LogP contribution in [0.3, 0.4) is 0 Å². The molecule has 4 rings (SSSR count). The van der Waals surface area contributed by atoms with Crippen molar-refractivity contribution in [1.29, 1.82) is 0 Å². The molecule has 3 aromatic rings. The van der Waals surface area contributed by atoms with Gasteiger partial charge >= 0.3 is 12.1 Å². The number of pyridine rings is 1. The fourth-order valence-electron chi connectivity index (χ4n) is 4.03. The number of nitrogens with two attached hydrogens (primary N) is 1. The average Bonchev–Trinajstić information content (AvgIpc) is 3.11. The Hall–Kier alpha value is -4.20. The first kappa shape index (κ1) is 21.0. The number of carboxylic acid groups (broad SMARTS) is 1. The number of nitrogens with zero attached hydrogens (tertiary/aromatic N) is 1. The van der Waals surface area contributed by atoms with Crippen LogP contribution in [-0.4, -0.2) is 40.7 Å². The van der Waals surface area contributed by atoms with Crippen LogP contribution >= 0.6 is 0 Å². The number of primary amides is 1. The SMILES string of the molecule is NC(=O)c1cnccc1C[C@H](NC(=O)OCC1c2ccccc2-c2ccccc21)C(=O)O. The van der Waals surface area contributed by atoms with Gasteiger partial charge in [0.25, 0.3) is 5.91 Å². The summed E-state index contributed by atoms with van der Waals surface area (Å²) in [4.78, 5) is 39.6. The Bertz CT molecular complexity index is 1150. The minimum atomic E-state index is -1.30. The van der Waals surface area contributed by atoms with Gasteiger partial charge < -0.3 is 20.9 Å². The Balaban J connectivity index is 1.45. The Kier molecular flexibility index (Phi) is 5.85. The van der Waals surface area contributed by atoms with Crippen molar-refractivity contribution >= 4 is 18.0 Å². The molecule has 1 heterocycles. The van der Waals surface area contributed by atoms with Crippen LogP contribution in [0.2, 0.25) is 0 Å². The maximum Gasteiger partial charge on any atom is 0.407 e. The monoisotopic (exact) mass is 431 g/mol. The summed E-state index contributed by atoms with van der Waals surface area (Å²) in [5.41, 5.74) is 10.1. The number of carbonyl (C=O) groups is 3. The third-order valence-corrected chi connectivity index (χ3v) is 5.53. The van der Waals surface area contributed by atoms with Crippen molar-refractivity contribution in [3.63, 3.8) is 0 Å². The molecule has 0 radical (unpaired) electrons. The van der Waals surface area contributed by atoms with Crippen LogP contribution in [0.4, 0.5) is 4.79 Å². The highest BCUT2D eigenvalue weighted by molar-refractivity contribution is 5.94. The predicted octanol–water partition coefficient (Wildman–Crippen LogP) is 2.71. The maximum absolute atomic E-state index is 12.4. The first-order chi connectivity index (χ1) is 15.5. The van der Waals surface area contributed by atoms with E-state index in [0.29, 0.717) is 5.56 Å². The number of alkyl carbamates (subject to hydrolysis) is 1. The smallest absolute Gasteiger partial charge is 0.407 e. The van der Waals surface area contributed by atoms with Crippen LogP contribution in [0.15, 0.2) is 67.0 Å². The Morgan fingerprint density at radius 2 is 1.66 bits per heavy atom. The van der Waals surface area contributed by atoms with E-state index in [1.165, 1.54) is 18.5 Å². The third-order valence-electron chi connectivity index (χ3n) is 5.53. The van der Waals surface area contributed by atoms with Crippen LogP contribution < -0.4 is 11.1 Å². The number of amides is 2. The average molecular weight is 431 g/mol. The summed E-state index contributed by atoms with van der Waals surface area (Å²) in [5, 5.41) is 11.9. The quantitative estimate of drug-likeness (QED) is 0.527. The van der Waals surface area contributed by atoms with E-state index in [9.17, 15) is 19.5 Å². The standard InChI is InChI=1S/C24H21N3O5/c25-22(28)19-12-26-10-9-14(19)11-21(23(29)30)27-24(31)32-13-20-17-7-3-1-5-15(17)16-6-2-4-8-18(16)20/h1-10,12,20-21H,11,13H2,(H2,25,28)(H,27,31)(H,29,30)/t21-/m0/s1. The van der Waals surface area contributed by atoms with Gasteiger partial charge in [0.2, 0.25) is 0 Å². The Morgan fingerprint density at radius 3 is 2.25 bits per heavy atom. The highest BCUT2D eigenvalue weighted by Gasteiger charge is 2.30. The number of benzene rings is 2. The number of aliphatic carboxylic acids is 1. The topological polar surface area (TPSA) is 132 Å². The molecule has 1 atom stereocenters. The van der Waals surface area contributed by atoms with Crippen LogP contribution in [0, 0.1) is 0 Å². The second-order valence-corrected chi connectivity index (χ2v) is 7.46. The van der Waals surface area contributed by atoms with Gasteiger partial charge in [-0.15, -0.1) is 0 Å². The van der Waals surface area contributed by atoms with E-state index < -0.39 is 24.0 Å². The van der Waals surface area contributed by atoms with Crippen LogP contribution in [0.1, 0.15) is 33.0 Å². The highest BCUT2D eigenvalue weighted by Crippen LogP contribution is 2.44. The van der Waals surface area contributed by atoms with Gasteiger partial charge in [0.1, 0.15) is 12.6 Å². The van der Waals surface area contributed by atoms with Gasteiger partial charge in [-0.1, -0.05) is 48.5 Å². The molecule has 1 aliphatic rings. The number of rotatable bonds is 7. The third kappa shape index (κ3) is 4.15. The molecule has 0 unspecified atom stereocenters. The summed E-state index contributed by atoms with van der Waals surface area (Å²) in [6.45, 7) is 0.0635. The summed E-state index contributed by atoms with van der Waals surface area (Å²) in [5.74, 6) is -2.12. The Labute approximate surface area is 184 Å². The normalized spacial score (nSPS) is 13.0. The van der Waals surface area contributed by atoms with Gasteiger partial charge in [-0.2, -0.15) is 0 Å². The zero-order valence-electron chi connectivity index (χ0n) is 17.0. The fraction of sp³-hybridized carbons (Fsp3) is 0.167. The molecule has 0 bridgehead atoms. The first-order valence-corrected chi connectivity index (χ1v) is 10.0.